The Labute approximate surface area is 243 Å². The van der Waals surface area contributed by atoms with Gasteiger partial charge in [-0.15, -0.1) is 0 Å². The van der Waals surface area contributed by atoms with Gasteiger partial charge in [0.2, 0.25) is 15.9 Å². The van der Waals surface area contributed by atoms with Gasteiger partial charge < -0.3 is 24.1 Å². The Morgan fingerprint density at radius 3 is 2.50 bits per heavy atom. The minimum Gasteiger partial charge on any atom is -0.472 e. The molecule has 0 saturated carbocycles. The second kappa shape index (κ2) is 11.4. The summed E-state index contributed by atoms with van der Waals surface area (Å²) in [6.07, 6.45) is -0.402. The molecule has 3 aromatic rings. The van der Waals surface area contributed by atoms with Crippen LogP contribution < -0.4 is 5.32 Å². The molecule has 0 aliphatic carbocycles. The van der Waals surface area contributed by atoms with Crippen LogP contribution in [0, 0.1) is 0 Å². The summed E-state index contributed by atoms with van der Waals surface area (Å²) in [5, 5.41) is 2.98. The highest BCUT2D eigenvalue weighted by molar-refractivity contribution is 7.89. The van der Waals surface area contributed by atoms with Crippen LogP contribution in [-0.2, 0) is 19.5 Å². The number of fused-ring (bicyclic) bond motifs is 1. The number of amides is 2. The van der Waals surface area contributed by atoms with E-state index in [-0.39, 0.29) is 43.6 Å². The van der Waals surface area contributed by atoms with E-state index < -0.39 is 28.3 Å². The van der Waals surface area contributed by atoms with Gasteiger partial charge in [0.25, 0.3) is 5.91 Å². The highest BCUT2D eigenvalue weighted by Crippen LogP contribution is 2.42. The molecule has 222 valence electrons. The first-order valence-electron chi connectivity index (χ1n) is 14.0. The topological polar surface area (TPSA) is 135 Å². The molecule has 0 bridgehead atoms. The van der Waals surface area contributed by atoms with Gasteiger partial charge in [0.05, 0.1) is 18.0 Å². The molecule has 3 aliphatic rings. The number of oxazole rings is 1. The molecule has 1 aromatic heterocycles. The zero-order valence-electron chi connectivity index (χ0n) is 23.5. The van der Waals surface area contributed by atoms with Crippen molar-refractivity contribution in [3.63, 3.8) is 0 Å². The number of aromatic nitrogens is 1. The van der Waals surface area contributed by atoms with Gasteiger partial charge in [-0.05, 0) is 62.4 Å². The van der Waals surface area contributed by atoms with Crippen LogP contribution in [0.25, 0.3) is 11.1 Å². The lowest BCUT2D eigenvalue weighted by molar-refractivity contribution is 0.0637. The molecule has 2 amide bonds. The van der Waals surface area contributed by atoms with Crippen LogP contribution in [0.4, 0.5) is 4.79 Å². The van der Waals surface area contributed by atoms with Gasteiger partial charge in [0, 0.05) is 38.3 Å². The first kappa shape index (κ1) is 28.2. The van der Waals surface area contributed by atoms with Crippen molar-refractivity contribution in [2.45, 2.75) is 30.4 Å². The summed E-state index contributed by atoms with van der Waals surface area (Å²) in [6, 6.07) is 13.3. The number of hydrogen-bond donors (Lipinski definition) is 1. The highest BCUT2D eigenvalue weighted by atomic mass is 32.2. The fourth-order valence-electron chi connectivity index (χ4n) is 5.60. The SMILES string of the molecule is CCOC(=O)N1CCN(S(=O)(=O)c2ccc(C(=O)NC3OC4=C(CCN(C)C4)C3c3nc4ccccc4o3)cc2)CC1. The zero-order valence-corrected chi connectivity index (χ0v) is 24.3. The van der Waals surface area contributed by atoms with Crippen LogP contribution in [0.1, 0.15) is 35.5 Å². The summed E-state index contributed by atoms with van der Waals surface area (Å²) in [5.74, 6) is 0.519. The van der Waals surface area contributed by atoms with Crippen molar-refractivity contribution in [1.82, 2.24) is 24.4 Å². The van der Waals surface area contributed by atoms with E-state index in [1.165, 1.54) is 33.5 Å². The fraction of sp³-hybridized carbons (Fsp3) is 0.414. The van der Waals surface area contributed by atoms with E-state index in [9.17, 15) is 18.0 Å². The van der Waals surface area contributed by atoms with Gasteiger partial charge in [-0.3, -0.25) is 9.69 Å². The first-order valence-corrected chi connectivity index (χ1v) is 15.4. The molecule has 1 N–H and O–H groups in total. The van der Waals surface area contributed by atoms with Crippen molar-refractivity contribution >= 4 is 33.1 Å². The third kappa shape index (κ3) is 5.35. The Kier molecular flexibility index (Phi) is 7.64. The number of hydrogen-bond acceptors (Lipinski definition) is 9. The Morgan fingerprint density at radius 1 is 1.05 bits per heavy atom. The number of likely N-dealkylation sites (N-methyl/N-ethyl adjacent to an activating group) is 1. The zero-order chi connectivity index (χ0) is 29.4. The van der Waals surface area contributed by atoms with Gasteiger partial charge in [0.15, 0.2) is 11.8 Å². The Bertz CT molecular complexity index is 1590. The molecule has 12 nitrogen and oxygen atoms in total. The number of rotatable bonds is 6. The third-order valence-electron chi connectivity index (χ3n) is 7.85. The number of carbonyl (C=O) groups is 2. The minimum absolute atomic E-state index is 0.0743. The summed E-state index contributed by atoms with van der Waals surface area (Å²) >= 11 is 0. The number of benzene rings is 2. The molecule has 42 heavy (non-hydrogen) atoms. The lowest BCUT2D eigenvalue weighted by Gasteiger charge is -2.33. The van der Waals surface area contributed by atoms with Crippen molar-refractivity contribution in [2.24, 2.45) is 0 Å². The normalized spacial score (nSPS) is 21.7. The standard InChI is InChI=1S/C29H33N5O7S/c1-3-39-29(36)33-14-16-34(17-15-33)42(37,38)20-10-8-19(9-11-20)26(35)31-28-25(21-12-13-32(2)18-24(21)41-28)27-30-22-6-4-5-7-23(22)40-27/h4-11,25,28H,3,12-18H2,1-2H3,(H,31,35). The molecule has 2 atom stereocenters. The van der Waals surface area contributed by atoms with E-state index in [4.69, 9.17) is 18.9 Å². The minimum atomic E-state index is -3.80. The Hall–Kier alpha value is -3.94. The van der Waals surface area contributed by atoms with Crippen LogP contribution in [0.15, 0.2) is 69.2 Å². The smallest absolute Gasteiger partial charge is 0.409 e. The van der Waals surface area contributed by atoms with Gasteiger partial charge in [0.1, 0.15) is 17.2 Å². The Morgan fingerprint density at radius 2 is 1.79 bits per heavy atom. The number of para-hydroxylation sites is 2. The average Bonchev–Trinajstić information content (AvgIpc) is 3.57. The highest BCUT2D eigenvalue weighted by Gasteiger charge is 2.43. The summed E-state index contributed by atoms with van der Waals surface area (Å²) in [7, 11) is -1.78. The molecule has 2 aromatic carbocycles. The van der Waals surface area contributed by atoms with Gasteiger partial charge >= 0.3 is 6.09 Å². The van der Waals surface area contributed by atoms with Crippen molar-refractivity contribution < 1.29 is 31.9 Å². The first-order chi connectivity index (χ1) is 20.2. The van der Waals surface area contributed by atoms with E-state index in [1.807, 2.05) is 31.3 Å². The summed E-state index contributed by atoms with van der Waals surface area (Å²) in [4.78, 5) is 33.7. The maximum absolute atomic E-state index is 13.4. The molecular weight excluding hydrogens is 562 g/mol. The molecule has 6 rings (SSSR count). The van der Waals surface area contributed by atoms with Crippen molar-refractivity contribution in [3.8, 4) is 0 Å². The van der Waals surface area contributed by atoms with Crippen molar-refractivity contribution in [1.29, 1.82) is 0 Å². The molecule has 1 fully saturated rings. The Balaban J connectivity index is 1.16. The van der Waals surface area contributed by atoms with Crippen molar-refractivity contribution in [3.05, 3.63) is 71.3 Å². The van der Waals surface area contributed by atoms with E-state index in [2.05, 4.69) is 10.2 Å². The molecule has 3 aliphatic heterocycles. The fourth-order valence-corrected chi connectivity index (χ4v) is 7.02. The number of piperazine rings is 1. The van der Waals surface area contributed by atoms with Gasteiger partial charge in [-0.25, -0.2) is 18.2 Å². The van der Waals surface area contributed by atoms with Crippen LogP contribution in [0.2, 0.25) is 0 Å². The summed E-state index contributed by atoms with van der Waals surface area (Å²) in [5.41, 5.74) is 2.76. The maximum Gasteiger partial charge on any atom is 0.409 e. The molecule has 0 radical (unpaired) electrons. The van der Waals surface area contributed by atoms with Crippen LogP contribution in [0.5, 0.6) is 0 Å². The largest absolute Gasteiger partial charge is 0.472 e. The van der Waals surface area contributed by atoms with Crippen LogP contribution >= 0.6 is 0 Å². The van der Waals surface area contributed by atoms with Crippen LogP contribution in [0.3, 0.4) is 0 Å². The molecule has 0 spiro atoms. The van der Waals surface area contributed by atoms with Gasteiger partial charge in [-0.2, -0.15) is 4.31 Å². The lowest BCUT2D eigenvalue weighted by atomic mass is 9.93. The number of carbonyl (C=O) groups excluding carboxylic acids is 2. The second-order valence-electron chi connectivity index (χ2n) is 10.6. The average molecular weight is 596 g/mol. The predicted molar refractivity (Wildman–Crippen MR) is 152 cm³/mol. The lowest BCUT2D eigenvalue weighted by Crippen LogP contribution is -2.50. The maximum atomic E-state index is 13.4. The molecule has 2 unspecified atom stereocenters. The monoisotopic (exact) mass is 595 g/mol. The van der Waals surface area contributed by atoms with Gasteiger partial charge in [-0.1, -0.05) is 12.1 Å². The molecular formula is C29H33N5O7S. The quantitative estimate of drug-likeness (QED) is 0.457. The summed E-state index contributed by atoms with van der Waals surface area (Å²) in [6.45, 7) is 4.27. The van der Waals surface area contributed by atoms with Crippen molar-refractivity contribution in [2.75, 3.05) is 52.9 Å². The molecule has 1 saturated heterocycles. The predicted octanol–water partition coefficient (Wildman–Crippen LogP) is 2.75. The van der Waals surface area contributed by atoms with E-state index >= 15 is 0 Å². The van der Waals surface area contributed by atoms with E-state index in [0.29, 0.717) is 23.6 Å². The third-order valence-corrected chi connectivity index (χ3v) is 9.76. The summed E-state index contributed by atoms with van der Waals surface area (Å²) < 4.78 is 45.2. The number of sulfonamides is 1. The number of nitrogens with zero attached hydrogens (tertiary/aromatic N) is 4. The number of ether oxygens (including phenoxy) is 2. The number of nitrogens with one attached hydrogen (secondary N) is 1. The van der Waals surface area contributed by atoms with E-state index in [0.717, 1.165) is 29.8 Å². The molecule has 13 heteroatoms. The van der Waals surface area contributed by atoms with Crippen LogP contribution in [-0.4, -0.2) is 98.7 Å². The second-order valence-corrected chi connectivity index (χ2v) is 12.5. The van der Waals surface area contributed by atoms with E-state index in [1.54, 1.807) is 6.92 Å². The molecule has 4 heterocycles.